The minimum Gasteiger partial charge on any atom is -0.401 e. The molecule has 3 saturated heterocycles. The van der Waals surface area contributed by atoms with Crippen LogP contribution in [-0.4, -0.2) is 96.1 Å². The first-order valence-corrected chi connectivity index (χ1v) is 31.2. The summed E-state index contributed by atoms with van der Waals surface area (Å²) in [7, 11) is 3.71. The third kappa shape index (κ3) is 17.0. The van der Waals surface area contributed by atoms with Gasteiger partial charge >= 0.3 is 0 Å². The number of hydrogen-bond donors (Lipinski definition) is 5. The Morgan fingerprint density at radius 1 is 0.873 bits per heavy atom. The van der Waals surface area contributed by atoms with Gasteiger partial charge in [-0.25, -0.2) is 4.98 Å². The van der Waals surface area contributed by atoms with E-state index in [0.29, 0.717) is 47.3 Å². The minimum atomic E-state index is -0.194. The molecular formula is C64H97ClN10O3S. The predicted molar refractivity (Wildman–Crippen MR) is 332 cm³/mol. The summed E-state index contributed by atoms with van der Waals surface area (Å²) in [5.41, 5.74) is 21.5. The Hall–Kier alpha value is -5.12. The van der Waals surface area contributed by atoms with Gasteiger partial charge in [-0.05, 0) is 183 Å². The summed E-state index contributed by atoms with van der Waals surface area (Å²) < 4.78 is 2.27. The molecule has 1 spiro atoms. The molecule has 13 nitrogen and oxygen atoms in total. The number of thiazole rings is 1. The summed E-state index contributed by atoms with van der Waals surface area (Å²) in [4.78, 5) is 47.8. The smallest absolute Gasteiger partial charge is 0.282 e. The summed E-state index contributed by atoms with van der Waals surface area (Å²) in [6.45, 7) is 20.5. The molecule has 4 aliphatic heterocycles. The lowest BCUT2D eigenvalue weighted by Gasteiger charge is -2.34. The highest BCUT2D eigenvalue weighted by atomic mass is 35.5. The van der Waals surface area contributed by atoms with E-state index in [4.69, 9.17) is 22.3 Å². The number of nitrogens with one attached hydrogen (secondary N) is 3. The fourth-order valence-corrected chi connectivity index (χ4v) is 13.2. The van der Waals surface area contributed by atoms with Crippen molar-refractivity contribution in [2.24, 2.45) is 23.3 Å². The van der Waals surface area contributed by atoms with Crippen molar-refractivity contribution in [2.45, 2.75) is 181 Å². The first-order chi connectivity index (χ1) is 38.5. The van der Waals surface area contributed by atoms with Gasteiger partial charge in [0.05, 0.1) is 43.1 Å². The van der Waals surface area contributed by atoms with Crippen LogP contribution in [0, 0.1) is 18.8 Å². The molecule has 2 unspecified atom stereocenters. The lowest BCUT2D eigenvalue weighted by molar-refractivity contribution is -0.118. The second kappa shape index (κ2) is 33.6. The normalized spacial score (nSPS) is 19.3. The Kier molecular flexibility index (Phi) is 27.5. The first-order valence-electron chi connectivity index (χ1n) is 29.9. The van der Waals surface area contributed by atoms with Gasteiger partial charge in [-0.15, -0.1) is 11.3 Å². The van der Waals surface area contributed by atoms with Gasteiger partial charge in [0, 0.05) is 37.1 Å². The largest absolute Gasteiger partial charge is 0.401 e. The maximum absolute atomic E-state index is 13.1. The lowest BCUT2D eigenvalue weighted by atomic mass is 9.69. The number of hydrogen-bond acceptors (Lipinski definition) is 11. The van der Waals surface area contributed by atoms with E-state index in [2.05, 4.69) is 93.6 Å². The number of aromatic nitrogens is 3. The highest BCUT2D eigenvalue weighted by Crippen LogP contribution is 2.52. The minimum absolute atomic E-state index is 0.144. The van der Waals surface area contributed by atoms with Crippen molar-refractivity contribution >= 4 is 46.7 Å². The first kappa shape index (κ1) is 64.7. The Morgan fingerprint density at radius 2 is 1.54 bits per heavy atom. The number of amides is 2. The summed E-state index contributed by atoms with van der Waals surface area (Å²) in [5, 5.41) is 10.6. The van der Waals surface area contributed by atoms with Gasteiger partial charge in [0.2, 0.25) is 12.8 Å². The fraction of sp³-hybridized carbons (Fsp3) is 0.578. The lowest BCUT2D eigenvalue weighted by Crippen LogP contribution is -2.38. The summed E-state index contributed by atoms with van der Waals surface area (Å²) in [6.07, 6.45) is 23.5. The van der Waals surface area contributed by atoms with E-state index in [1.807, 2.05) is 69.3 Å². The van der Waals surface area contributed by atoms with Gasteiger partial charge in [0.1, 0.15) is 5.82 Å². The van der Waals surface area contributed by atoms with E-state index < -0.39 is 0 Å². The Bertz CT molecular complexity index is 2680. The number of aryl methyl sites for hydroxylation is 1. The molecule has 2 aromatic heterocycles. The molecule has 6 aliphatic rings. The van der Waals surface area contributed by atoms with Crippen LogP contribution in [0.2, 0.25) is 5.02 Å². The second-order valence-corrected chi connectivity index (χ2v) is 22.8. The molecule has 5 fully saturated rings. The van der Waals surface area contributed by atoms with Crippen molar-refractivity contribution in [2.75, 3.05) is 46.8 Å². The number of likely N-dealkylation sites (tertiary alicyclic amines) is 2. The highest BCUT2D eigenvalue weighted by Gasteiger charge is 2.46. The van der Waals surface area contributed by atoms with Crippen LogP contribution in [0.5, 0.6) is 0 Å². The predicted octanol–water partition coefficient (Wildman–Crippen LogP) is 12.4. The van der Waals surface area contributed by atoms with E-state index in [1.54, 1.807) is 17.4 Å². The van der Waals surface area contributed by atoms with E-state index in [-0.39, 0.29) is 11.0 Å². The van der Waals surface area contributed by atoms with Crippen molar-refractivity contribution in [3.8, 4) is 16.1 Å². The van der Waals surface area contributed by atoms with Crippen LogP contribution >= 0.6 is 22.9 Å². The maximum atomic E-state index is 13.1. The number of nitrogens with two attached hydrogens (primary N) is 2. The third-order valence-corrected chi connectivity index (χ3v) is 18.0. The van der Waals surface area contributed by atoms with Crippen LogP contribution < -0.4 is 33.0 Å². The topological polar surface area (TPSA) is 177 Å². The van der Waals surface area contributed by atoms with Gasteiger partial charge in [0.25, 0.3) is 5.56 Å². The summed E-state index contributed by atoms with van der Waals surface area (Å²) >= 11 is 8.12. The number of fused-ring (bicyclic) bond motifs is 7. The number of allylic oxidation sites excluding steroid dienone is 1. The number of piperidine rings is 2. The van der Waals surface area contributed by atoms with Crippen molar-refractivity contribution in [1.29, 1.82) is 0 Å². The maximum Gasteiger partial charge on any atom is 0.282 e. The van der Waals surface area contributed by atoms with E-state index in [1.165, 1.54) is 137 Å². The summed E-state index contributed by atoms with van der Waals surface area (Å²) in [5.74, 6) is 2.95. The Morgan fingerprint density at radius 3 is 2.14 bits per heavy atom. The van der Waals surface area contributed by atoms with Crippen LogP contribution in [0.4, 0.5) is 0 Å². The number of nitrogens with zero attached hydrogens (tertiary/aromatic N) is 5. The highest BCUT2D eigenvalue weighted by molar-refractivity contribution is 7.13. The Balaban J connectivity index is 0.000000205. The van der Waals surface area contributed by atoms with Gasteiger partial charge in [0.15, 0.2) is 0 Å². The monoisotopic (exact) mass is 1120 g/mol. The molecule has 6 heterocycles. The molecular weight excluding hydrogens is 1020 g/mol. The standard InChI is InChI=1S/C26H28ClN3O.C15H29N3.C12H12N2OS.C6H11NO.2C2H6.CH5N/c1-29-14-10-17(11-15-29)18-8-9-19-22(16-18)30-21-7-5-6-20(27)23(21)24(31)28-25(30)26(19)12-3-2-4-13-26;1-12(13-7-9-17-10-8-13)18-11-15(16)14-5-3-2-4-6-14;1-9-12(16-8-14-9)11-4-2-10(3-5-11)6-13-7-15;1-6-3-2-4-7(6)5-8;3*1-2/h5-9,16-17H,2-4,10-15H2,1H3;11-14,17-18H,2-10,16H2,1H3;2-5,7-8H,6H2,1H3,(H,13,15);5-6H,2-4H2,1H3;2*1-2H3;2H2,1H3/b;15-11-;;;;;. The van der Waals surface area contributed by atoms with Gasteiger partial charge < -0.3 is 37.2 Å². The molecule has 3 aromatic carbocycles. The van der Waals surface area contributed by atoms with Gasteiger partial charge in [-0.2, -0.15) is 4.98 Å². The molecule has 0 radical (unpaired) electrons. The van der Waals surface area contributed by atoms with Crippen molar-refractivity contribution in [3.05, 3.63) is 122 Å². The number of carbonyl (C=O) groups is 2. The molecule has 11 rings (SSSR count). The average molecular weight is 1120 g/mol. The van der Waals surface area contributed by atoms with Crippen LogP contribution in [0.3, 0.4) is 0 Å². The molecule has 2 amide bonds. The molecule has 2 aliphatic carbocycles. The number of rotatable bonds is 10. The quantitative estimate of drug-likeness (QED) is 0.0846. The van der Waals surface area contributed by atoms with Crippen LogP contribution in [-0.2, 0) is 21.5 Å². The molecule has 5 aromatic rings. The molecule has 2 atom stereocenters. The van der Waals surface area contributed by atoms with Gasteiger partial charge in [-0.3, -0.25) is 19.0 Å². The van der Waals surface area contributed by atoms with E-state index >= 15 is 0 Å². The zero-order valence-electron chi connectivity index (χ0n) is 49.4. The van der Waals surface area contributed by atoms with Crippen molar-refractivity contribution in [1.82, 2.24) is 40.3 Å². The fourth-order valence-electron chi connectivity index (χ4n) is 12.2. The van der Waals surface area contributed by atoms with E-state index in [0.717, 1.165) is 73.1 Å². The van der Waals surface area contributed by atoms with Crippen molar-refractivity contribution in [3.63, 3.8) is 0 Å². The van der Waals surface area contributed by atoms with Crippen LogP contribution in [0.25, 0.3) is 27.0 Å². The average Bonchev–Trinajstić information content (AvgIpc) is 4.42. The molecule has 2 saturated carbocycles. The molecule has 7 N–H and O–H groups in total. The van der Waals surface area contributed by atoms with Crippen molar-refractivity contribution < 1.29 is 9.59 Å². The number of benzene rings is 3. The Labute approximate surface area is 483 Å². The third-order valence-electron chi connectivity index (χ3n) is 16.7. The SMILES string of the molecule is CC.CC.CC(N/C=C(\N)C1CCCCC1)C1CCNCC1.CC1CCCN1C=O.CN.CN1CCC(c2ccc3c(c2)-n2c(nc(=O)c4c(Cl)cccc42)C32CCCCC2)CC1.Cc1ncsc1-c1ccc(CNC=O)cc1. The summed E-state index contributed by atoms with van der Waals surface area (Å²) in [6, 6.07) is 22.1. The number of carbonyl (C=O) groups excluding carboxylic acids is 2. The number of halogens is 1. The second-order valence-electron chi connectivity index (χ2n) is 21.5. The molecule has 15 heteroatoms. The van der Waals surface area contributed by atoms with E-state index in [9.17, 15) is 14.4 Å². The zero-order chi connectivity index (χ0) is 57.3. The molecule has 0 bridgehead atoms. The molecule has 79 heavy (non-hydrogen) atoms. The zero-order valence-corrected chi connectivity index (χ0v) is 51.0. The van der Waals surface area contributed by atoms with Crippen LogP contribution in [0.1, 0.15) is 178 Å². The molecule has 434 valence electrons. The van der Waals surface area contributed by atoms with Gasteiger partial charge in [-0.1, -0.05) is 120 Å². The van der Waals surface area contributed by atoms with Crippen LogP contribution in [0.15, 0.2) is 82.9 Å².